The van der Waals surface area contributed by atoms with Crippen molar-refractivity contribution in [3.8, 4) is 0 Å². The van der Waals surface area contributed by atoms with Crippen molar-refractivity contribution in [2.45, 2.75) is 10.1 Å². The van der Waals surface area contributed by atoms with Crippen LogP contribution in [0.1, 0.15) is 0 Å². The minimum atomic E-state index is 0.686. The van der Waals surface area contributed by atoms with Gasteiger partial charge in [-0.1, -0.05) is 30.0 Å². The molecule has 0 bridgehead atoms. The van der Waals surface area contributed by atoms with Gasteiger partial charge in [0.2, 0.25) is 6.41 Å². The number of aromatic nitrogens is 2. The Kier molecular flexibility index (Phi) is 2.65. The predicted octanol–water partition coefficient (Wildman–Crippen LogP) is 2.07. The molecule has 1 heterocycles. The Labute approximate surface area is 85.8 Å². The van der Waals surface area contributed by atoms with E-state index in [9.17, 15) is 4.79 Å². The molecule has 0 N–H and O–H groups in total. The zero-order chi connectivity index (χ0) is 9.80. The van der Waals surface area contributed by atoms with Gasteiger partial charge < -0.3 is 0 Å². The van der Waals surface area contributed by atoms with Gasteiger partial charge in [-0.05, 0) is 12.1 Å². The fourth-order valence-corrected chi connectivity index (χ4v) is 1.88. The largest absolute Gasteiger partial charge is 0.278 e. The molecule has 14 heavy (non-hydrogen) atoms. The lowest BCUT2D eigenvalue weighted by molar-refractivity contribution is 0.542. The maximum atomic E-state index is 10.6. The fraction of sp³-hybridized carbons (Fsp3) is 0. The van der Waals surface area contributed by atoms with Gasteiger partial charge in [-0.3, -0.25) is 9.36 Å². The van der Waals surface area contributed by atoms with Gasteiger partial charge in [0.25, 0.3) is 0 Å². The van der Waals surface area contributed by atoms with Gasteiger partial charge in [0, 0.05) is 17.3 Å². The molecular weight excluding hydrogens is 196 g/mol. The second-order valence-electron chi connectivity index (χ2n) is 2.64. The summed E-state index contributed by atoms with van der Waals surface area (Å²) in [5.74, 6) is 0. The fourth-order valence-electron chi connectivity index (χ4n) is 1.05. The number of hydrogen-bond acceptors (Lipinski definition) is 3. The Balaban J connectivity index is 2.23. The number of nitrogens with zero attached hydrogens (tertiary/aromatic N) is 2. The number of imidazole rings is 1. The highest BCUT2D eigenvalue weighted by molar-refractivity contribution is 7.99. The summed E-state index contributed by atoms with van der Waals surface area (Å²) in [6, 6.07) is 9.83. The molecule has 0 spiro atoms. The topological polar surface area (TPSA) is 34.9 Å². The standard InChI is InChI=1S/C10H8N2OS/c13-8-12-7-6-11-10(12)14-9-4-2-1-3-5-9/h1-8H. The van der Waals surface area contributed by atoms with Crippen LogP contribution in [0.3, 0.4) is 0 Å². The van der Waals surface area contributed by atoms with E-state index in [0.29, 0.717) is 5.16 Å². The van der Waals surface area contributed by atoms with Crippen molar-refractivity contribution >= 4 is 18.2 Å². The van der Waals surface area contributed by atoms with E-state index in [2.05, 4.69) is 4.98 Å². The van der Waals surface area contributed by atoms with E-state index >= 15 is 0 Å². The quantitative estimate of drug-likeness (QED) is 0.718. The summed E-state index contributed by atoms with van der Waals surface area (Å²) in [4.78, 5) is 15.7. The van der Waals surface area contributed by atoms with Crippen molar-refractivity contribution in [2.75, 3.05) is 0 Å². The SMILES string of the molecule is O=Cn1ccnc1Sc1ccccc1. The molecule has 2 aromatic rings. The second-order valence-corrected chi connectivity index (χ2v) is 3.68. The summed E-state index contributed by atoms with van der Waals surface area (Å²) < 4.78 is 1.46. The van der Waals surface area contributed by atoms with Crippen LogP contribution in [0.2, 0.25) is 0 Å². The Bertz CT molecular complexity index is 425. The lowest BCUT2D eigenvalue weighted by Crippen LogP contribution is -1.94. The average Bonchev–Trinajstić information content (AvgIpc) is 2.67. The molecule has 1 aromatic heterocycles. The Morgan fingerprint density at radius 3 is 2.79 bits per heavy atom. The molecule has 0 aliphatic carbocycles. The summed E-state index contributed by atoms with van der Waals surface area (Å²) in [5.41, 5.74) is 0. The first-order chi connectivity index (χ1) is 6.90. The van der Waals surface area contributed by atoms with Crippen molar-refractivity contribution in [1.82, 2.24) is 9.55 Å². The number of benzene rings is 1. The molecule has 70 valence electrons. The van der Waals surface area contributed by atoms with E-state index in [1.807, 2.05) is 30.3 Å². The maximum Gasteiger partial charge on any atom is 0.219 e. The monoisotopic (exact) mass is 204 g/mol. The zero-order valence-electron chi connectivity index (χ0n) is 7.33. The van der Waals surface area contributed by atoms with Gasteiger partial charge in [0.15, 0.2) is 5.16 Å². The Morgan fingerprint density at radius 1 is 1.29 bits per heavy atom. The van der Waals surface area contributed by atoms with Crippen LogP contribution in [0.5, 0.6) is 0 Å². The first kappa shape index (κ1) is 9.02. The predicted molar refractivity (Wildman–Crippen MR) is 54.9 cm³/mol. The normalized spacial score (nSPS) is 10.0. The molecular formula is C10H8N2OS. The summed E-state index contributed by atoms with van der Waals surface area (Å²) in [6.45, 7) is 0. The Hall–Kier alpha value is -1.55. The van der Waals surface area contributed by atoms with Crippen molar-refractivity contribution in [2.24, 2.45) is 0 Å². The van der Waals surface area contributed by atoms with Crippen molar-refractivity contribution in [3.05, 3.63) is 42.7 Å². The molecule has 0 atom stereocenters. The molecule has 0 radical (unpaired) electrons. The highest BCUT2D eigenvalue weighted by Crippen LogP contribution is 2.24. The first-order valence-electron chi connectivity index (χ1n) is 4.11. The number of carbonyl (C=O) groups excluding carboxylic acids is 1. The van der Waals surface area contributed by atoms with Crippen LogP contribution in [0, 0.1) is 0 Å². The zero-order valence-corrected chi connectivity index (χ0v) is 8.15. The maximum absolute atomic E-state index is 10.6. The van der Waals surface area contributed by atoms with Crippen LogP contribution in [0.15, 0.2) is 52.8 Å². The molecule has 0 aliphatic rings. The molecule has 2 rings (SSSR count). The van der Waals surface area contributed by atoms with Crippen LogP contribution in [0.25, 0.3) is 0 Å². The first-order valence-corrected chi connectivity index (χ1v) is 4.93. The van der Waals surface area contributed by atoms with E-state index < -0.39 is 0 Å². The van der Waals surface area contributed by atoms with Crippen molar-refractivity contribution in [3.63, 3.8) is 0 Å². The summed E-state index contributed by atoms with van der Waals surface area (Å²) >= 11 is 1.47. The second kappa shape index (κ2) is 4.11. The van der Waals surface area contributed by atoms with Gasteiger partial charge in [0.1, 0.15) is 0 Å². The van der Waals surface area contributed by atoms with E-state index in [4.69, 9.17) is 0 Å². The average molecular weight is 204 g/mol. The molecule has 0 aliphatic heterocycles. The van der Waals surface area contributed by atoms with Crippen molar-refractivity contribution < 1.29 is 4.79 Å². The molecule has 0 unspecified atom stereocenters. The molecule has 0 saturated carbocycles. The Morgan fingerprint density at radius 2 is 2.07 bits per heavy atom. The molecule has 0 saturated heterocycles. The number of rotatable bonds is 3. The molecule has 1 aromatic carbocycles. The third-order valence-electron chi connectivity index (χ3n) is 1.70. The van der Waals surface area contributed by atoms with Gasteiger partial charge >= 0.3 is 0 Å². The summed E-state index contributed by atoms with van der Waals surface area (Å²) in [5, 5.41) is 0.686. The molecule has 3 nitrogen and oxygen atoms in total. The van der Waals surface area contributed by atoms with Gasteiger partial charge in [0.05, 0.1) is 0 Å². The van der Waals surface area contributed by atoms with Crippen LogP contribution in [-0.2, 0) is 4.79 Å². The van der Waals surface area contributed by atoms with Gasteiger partial charge in [-0.15, -0.1) is 0 Å². The number of hydrogen-bond donors (Lipinski definition) is 0. The minimum Gasteiger partial charge on any atom is -0.278 e. The lowest BCUT2D eigenvalue weighted by Gasteiger charge is -1.99. The number of carbonyl (C=O) groups is 1. The van der Waals surface area contributed by atoms with Gasteiger partial charge in [-0.2, -0.15) is 0 Å². The highest BCUT2D eigenvalue weighted by atomic mass is 32.2. The van der Waals surface area contributed by atoms with Crippen LogP contribution in [-0.4, -0.2) is 16.0 Å². The third-order valence-corrected chi connectivity index (χ3v) is 2.71. The van der Waals surface area contributed by atoms with Gasteiger partial charge in [-0.25, -0.2) is 4.98 Å². The molecule has 0 amide bonds. The lowest BCUT2D eigenvalue weighted by atomic mass is 10.4. The van der Waals surface area contributed by atoms with E-state index in [-0.39, 0.29) is 0 Å². The third kappa shape index (κ3) is 1.85. The molecule has 4 heteroatoms. The van der Waals surface area contributed by atoms with Crippen LogP contribution in [0.4, 0.5) is 0 Å². The van der Waals surface area contributed by atoms with Crippen LogP contribution < -0.4 is 0 Å². The van der Waals surface area contributed by atoms with E-state index in [1.54, 1.807) is 12.4 Å². The van der Waals surface area contributed by atoms with E-state index in [0.717, 1.165) is 11.3 Å². The van der Waals surface area contributed by atoms with Crippen molar-refractivity contribution in [1.29, 1.82) is 0 Å². The smallest absolute Gasteiger partial charge is 0.219 e. The highest BCUT2D eigenvalue weighted by Gasteiger charge is 2.02. The molecule has 0 fully saturated rings. The summed E-state index contributed by atoms with van der Waals surface area (Å²) in [6.07, 6.45) is 4.00. The van der Waals surface area contributed by atoms with E-state index in [1.165, 1.54) is 16.3 Å². The minimum absolute atomic E-state index is 0.686. The van der Waals surface area contributed by atoms with Crippen LogP contribution >= 0.6 is 11.8 Å². The summed E-state index contributed by atoms with van der Waals surface area (Å²) in [7, 11) is 0.